The fourth-order valence-corrected chi connectivity index (χ4v) is 4.61. The lowest BCUT2D eigenvalue weighted by atomic mass is 9.94. The van der Waals surface area contributed by atoms with Crippen LogP contribution in [0.3, 0.4) is 0 Å². The Hall–Kier alpha value is -1.64. The fraction of sp³-hybridized carbons (Fsp3) is 0.300. The summed E-state index contributed by atoms with van der Waals surface area (Å²) < 4.78 is 1.42. The molecule has 4 rings (SSSR count). The van der Waals surface area contributed by atoms with Gasteiger partial charge in [-0.25, -0.2) is 0 Å². The van der Waals surface area contributed by atoms with Crippen molar-refractivity contribution in [1.29, 1.82) is 0 Å². The summed E-state index contributed by atoms with van der Waals surface area (Å²) in [5.41, 5.74) is 2.96. The van der Waals surface area contributed by atoms with Crippen LogP contribution in [-0.2, 0) is 6.54 Å². The van der Waals surface area contributed by atoms with Crippen molar-refractivity contribution in [1.82, 2.24) is 4.90 Å². The molecule has 22 heavy (non-hydrogen) atoms. The smallest absolute Gasteiger partial charge is 0.0366 e. The van der Waals surface area contributed by atoms with E-state index in [1.165, 1.54) is 47.0 Å². The van der Waals surface area contributed by atoms with E-state index in [0.717, 1.165) is 6.54 Å². The number of benzene rings is 2. The molecule has 0 amide bonds. The summed E-state index contributed by atoms with van der Waals surface area (Å²) >= 11 is 1.89. The number of piperidine rings is 1. The largest absolute Gasteiger partial charge is 0.292 e. The van der Waals surface area contributed by atoms with Crippen LogP contribution in [-0.4, -0.2) is 11.4 Å². The van der Waals surface area contributed by atoms with E-state index in [4.69, 9.17) is 0 Å². The Kier molecular flexibility index (Phi) is 3.96. The Balaban J connectivity index is 1.66. The molecule has 1 fully saturated rings. The number of likely N-dealkylation sites (tertiary alicyclic amines) is 1. The normalized spacial score (nSPS) is 19.5. The van der Waals surface area contributed by atoms with Gasteiger partial charge in [-0.1, -0.05) is 55.0 Å². The van der Waals surface area contributed by atoms with Crippen molar-refractivity contribution in [3.63, 3.8) is 0 Å². The first-order valence-corrected chi connectivity index (χ1v) is 9.04. The first-order valence-electron chi connectivity index (χ1n) is 8.16. The summed E-state index contributed by atoms with van der Waals surface area (Å²) in [5.74, 6) is 0. The van der Waals surface area contributed by atoms with Crippen LogP contribution in [0.25, 0.3) is 10.1 Å². The van der Waals surface area contributed by atoms with Crippen LogP contribution < -0.4 is 0 Å². The van der Waals surface area contributed by atoms with Gasteiger partial charge in [-0.2, -0.15) is 0 Å². The van der Waals surface area contributed by atoms with Gasteiger partial charge in [-0.05, 0) is 47.3 Å². The molecular formula is C20H21NS. The van der Waals surface area contributed by atoms with Crippen molar-refractivity contribution in [3.8, 4) is 0 Å². The van der Waals surface area contributed by atoms with E-state index in [-0.39, 0.29) is 0 Å². The molecule has 0 unspecified atom stereocenters. The Morgan fingerprint density at radius 1 is 0.955 bits per heavy atom. The van der Waals surface area contributed by atoms with Crippen LogP contribution in [0.1, 0.15) is 36.4 Å². The maximum atomic E-state index is 2.67. The summed E-state index contributed by atoms with van der Waals surface area (Å²) in [5, 5.41) is 3.84. The number of nitrogens with zero attached hydrogens (tertiary/aromatic N) is 1. The van der Waals surface area contributed by atoms with E-state index in [1.807, 2.05) is 11.3 Å². The molecule has 1 aliphatic heterocycles. The van der Waals surface area contributed by atoms with E-state index in [2.05, 4.69) is 64.9 Å². The Morgan fingerprint density at radius 3 is 2.68 bits per heavy atom. The summed E-state index contributed by atoms with van der Waals surface area (Å²) in [7, 11) is 0. The van der Waals surface area contributed by atoms with Gasteiger partial charge < -0.3 is 0 Å². The molecule has 2 heterocycles. The highest BCUT2D eigenvalue weighted by Gasteiger charge is 2.25. The molecular weight excluding hydrogens is 286 g/mol. The van der Waals surface area contributed by atoms with Gasteiger partial charge >= 0.3 is 0 Å². The lowest BCUT2D eigenvalue weighted by Crippen LogP contribution is -2.32. The van der Waals surface area contributed by atoms with Crippen LogP contribution in [0.5, 0.6) is 0 Å². The lowest BCUT2D eigenvalue weighted by Gasteiger charge is -2.36. The van der Waals surface area contributed by atoms with E-state index in [1.54, 1.807) is 0 Å². The van der Waals surface area contributed by atoms with Gasteiger partial charge in [-0.3, -0.25) is 4.90 Å². The van der Waals surface area contributed by atoms with E-state index >= 15 is 0 Å². The number of fused-ring (bicyclic) bond motifs is 1. The molecule has 0 bridgehead atoms. The topological polar surface area (TPSA) is 3.24 Å². The van der Waals surface area contributed by atoms with Crippen molar-refractivity contribution in [2.75, 3.05) is 6.54 Å². The molecule has 2 aromatic carbocycles. The molecule has 1 saturated heterocycles. The van der Waals surface area contributed by atoms with Crippen LogP contribution in [0.4, 0.5) is 0 Å². The second kappa shape index (κ2) is 6.23. The second-order valence-corrected chi connectivity index (χ2v) is 7.07. The van der Waals surface area contributed by atoms with E-state index in [9.17, 15) is 0 Å². The number of hydrogen-bond acceptors (Lipinski definition) is 2. The molecule has 0 saturated carbocycles. The third-order valence-corrected chi connectivity index (χ3v) is 5.69. The first kappa shape index (κ1) is 14.0. The van der Waals surface area contributed by atoms with Crippen LogP contribution in [0.15, 0.2) is 60.0 Å². The Morgan fingerprint density at radius 2 is 1.77 bits per heavy atom. The highest BCUT2D eigenvalue weighted by atomic mass is 32.1. The third kappa shape index (κ3) is 2.69. The summed E-state index contributed by atoms with van der Waals surface area (Å²) in [4.78, 5) is 2.67. The van der Waals surface area contributed by atoms with E-state index in [0.29, 0.717) is 6.04 Å². The summed E-state index contributed by atoms with van der Waals surface area (Å²) in [6, 6.07) is 20.3. The standard InChI is InChI=1S/C20H21NS/c1-2-8-16(9-3-1)14-21-13-7-6-11-19(21)18-15-22-20-12-5-4-10-17(18)20/h1-5,8-10,12,15,19H,6-7,11,13-14H2/t19-/m1/s1. The summed E-state index contributed by atoms with van der Waals surface area (Å²) in [6.07, 6.45) is 3.96. The van der Waals surface area contributed by atoms with Gasteiger partial charge in [0.2, 0.25) is 0 Å². The molecule has 0 radical (unpaired) electrons. The number of rotatable bonds is 3. The molecule has 0 aliphatic carbocycles. The van der Waals surface area contributed by atoms with Gasteiger partial charge in [0.05, 0.1) is 0 Å². The molecule has 1 nitrogen and oxygen atoms in total. The molecule has 2 heteroatoms. The Labute approximate surface area is 136 Å². The van der Waals surface area contributed by atoms with Crippen molar-refractivity contribution in [3.05, 3.63) is 71.1 Å². The van der Waals surface area contributed by atoms with Gasteiger partial charge in [0.15, 0.2) is 0 Å². The molecule has 112 valence electrons. The molecule has 0 spiro atoms. The maximum Gasteiger partial charge on any atom is 0.0366 e. The van der Waals surface area contributed by atoms with Crippen molar-refractivity contribution in [2.45, 2.75) is 31.8 Å². The van der Waals surface area contributed by atoms with E-state index < -0.39 is 0 Å². The zero-order valence-corrected chi connectivity index (χ0v) is 13.6. The number of hydrogen-bond donors (Lipinski definition) is 0. The minimum absolute atomic E-state index is 0.574. The third-order valence-electron chi connectivity index (χ3n) is 4.71. The molecule has 1 aromatic heterocycles. The van der Waals surface area contributed by atoms with Gasteiger partial charge in [0.1, 0.15) is 0 Å². The van der Waals surface area contributed by atoms with Crippen molar-refractivity contribution < 1.29 is 0 Å². The molecule has 3 aromatic rings. The minimum Gasteiger partial charge on any atom is -0.292 e. The van der Waals surface area contributed by atoms with Crippen molar-refractivity contribution >= 4 is 21.4 Å². The molecule has 1 aliphatic rings. The summed E-state index contributed by atoms with van der Waals surface area (Å²) in [6.45, 7) is 2.28. The average molecular weight is 307 g/mol. The quantitative estimate of drug-likeness (QED) is 0.606. The Bertz CT molecular complexity index is 747. The highest BCUT2D eigenvalue weighted by Crippen LogP contribution is 2.38. The van der Waals surface area contributed by atoms with Crippen molar-refractivity contribution in [2.24, 2.45) is 0 Å². The monoisotopic (exact) mass is 307 g/mol. The first-order chi connectivity index (χ1) is 10.9. The zero-order chi connectivity index (χ0) is 14.8. The second-order valence-electron chi connectivity index (χ2n) is 6.15. The van der Waals surface area contributed by atoms with Crippen LogP contribution in [0.2, 0.25) is 0 Å². The van der Waals surface area contributed by atoms with Gasteiger partial charge in [0, 0.05) is 17.3 Å². The average Bonchev–Trinajstić information content (AvgIpc) is 3.00. The SMILES string of the molecule is c1ccc(CN2CCCC[C@@H]2c2csc3ccccc23)cc1. The van der Waals surface area contributed by atoms with Gasteiger partial charge in [-0.15, -0.1) is 11.3 Å². The predicted octanol–water partition coefficient (Wildman–Crippen LogP) is 5.63. The minimum atomic E-state index is 0.574. The predicted molar refractivity (Wildman–Crippen MR) is 95.3 cm³/mol. The highest BCUT2D eigenvalue weighted by molar-refractivity contribution is 7.17. The molecule has 0 N–H and O–H groups in total. The maximum absolute atomic E-state index is 2.67. The molecule has 1 atom stereocenters. The number of thiophene rings is 1. The lowest BCUT2D eigenvalue weighted by molar-refractivity contribution is 0.142. The van der Waals surface area contributed by atoms with Crippen LogP contribution in [0, 0.1) is 0 Å². The van der Waals surface area contributed by atoms with Gasteiger partial charge in [0.25, 0.3) is 0 Å². The fourth-order valence-electron chi connectivity index (χ4n) is 3.61. The zero-order valence-electron chi connectivity index (χ0n) is 12.7. The van der Waals surface area contributed by atoms with Crippen LogP contribution >= 0.6 is 11.3 Å².